The number of hydrogen-bond donors (Lipinski definition) is 3. The van der Waals surface area contributed by atoms with Gasteiger partial charge in [0.25, 0.3) is 5.91 Å². The first-order chi connectivity index (χ1) is 10.1. The maximum atomic E-state index is 13.3. The summed E-state index contributed by atoms with van der Waals surface area (Å²) in [6.07, 6.45) is 0.165. The molecule has 0 aliphatic heterocycles. The van der Waals surface area contributed by atoms with E-state index in [4.69, 9.17) is 5.73 Å². The van der Waals surface area contributed by atoms with Gasteiger partial charge in [-0.2, -0.15) is 0 Å². The number of nitrogens with two attached hydrogens (primary N) is 1. The first-order valence-electron chi connectivity index (χ1n) is 6.61. The van der Waals surface area contributed by atoms with Gasteiger partial charge in [-0.1, -0.05) is 11.8 Å². The van der Waals surface area contributed by atoms with Gasteiger partial charge in [-0.15, -0.1) is 0 Å². The van der Waals surface area contributed by atoms with Gasteiger partial charge >= 0.3 is 0 Å². The minimum Gasteiger partial charge on any atom is -0.356 e. The van der Waals surface area contributed by atoms with E-state index < -0.39 is 11.7 Å². The number of nitrogens with one attached hydrogen (secondary N) is 2. The van der Waals surface area contributed by atoms with Crippen LogP contribution in [0.1, 0.15) is 29.3 Å². The molecule has 1 rings (SSSR count). The fraction of sp³-hybridized carbons (Fsp3) is 0.333. The molecule has 0 saturated carbocycles. The largest absolute Gasteiger partial charge is 0.356 e. The van der Waals surface area contributed by atoms with Crippen molar-refractivity contribution < 1.29 is 14.0 Å². The van der Waals surface area contributed by atoms with E-state index in [1.165, 1.54) is 12.1 Å². The topological polar surface area (TPSA) is 84.2 Å². The number of carbonyl (C=O) groups excluding carboxylic acids is 2. The van der Waals surface area contributed by atoms with E-state index in [2.05, 4.69) is 22.5 Å². The van der Waals surface area contributed by atoms with Crippen molar-refractivity contribution in [3.63, 3.8) is 0 Å². The molecule has 2 amide bonds. The summed E-state index contributed by atoms with van der Waals surface area (Å²) in [5, 5.41) is 5.19. The van der Waals surface area contributed by atoms with Crippen LogP contribution in [0.2, 0.25) is 0 Å². The first-order valence-corrected chi connectivity index (χ1v) is 6.61. The molecule has 0 aromatic heterocycles. The molecular formula is C15H18FN3O2. The Morgan fingerprint density at radius 1 is 1.33 bits per heavy atom. The summed E-state index contributed by atoms with van der Waals surface area (Å²) in [4.78, 5) is 23.3. The molecule has 0 saturated heterocycles. The minimum atomic E-state index is -0.526. The number of hydrogen-bond acceptors (Lipinski definition) is 3. The third kappa shape index (κ3) is 5.63. The van der Waals surface area contributed by atoms with Crippen molar-refractivity contribution in [3.8, 4) is 11.8 Å². The van der Waals surface area contributed by atoms with E-state index in [0.29, 0.717) is 12.1 Å². The normalized spacial score (nSPS) is 9.48. The lowest BCUT2D eigenvalue weighted by Gasteiger charge is -2.07. The number of halogens is 1. The SMILES string of the molecule is CCNC(=O)CCNC(=O)c1cc(F)ccc1C#CCN. The quantitative estimate of drug-likeness (QED) is 0.686. The molecule has 6 heteroatoms. The Balaban J connectivity index is 2.72. The fourth-order valence-electron chi connectivity index (χ4n) is 1.63. The van der Waals surface area contributed by atoms with Crippen LogP contribution in [-0.2, 0) is 4.79 Å². The maximum absolute atomic E-state index is 13.3. The highest BCUT2D eigenvalue weighted by Crippen LogP contribution is 2.10. The fourth-order valence-corrected chi connectivity index (χ4v) is 1.63. The van der Waals surface area contributed by atoms with Crippen molar-refractivity contribution in [2.75, 3.05) is 19.6 Å². The summed E-state index contributed by atoms with van der Waals surface area (Å²) in [5.41, 5.74) is 5.81. The van der Waals surface area contributed by atoms with E-state index in [-0.39, 0.29) is 31.0 Å². The zero-order chi connectivity index (χ0) is 15.7. The van der Waals surface area contributed by atoms with Crippen molar-refractivity contribution in [3.05, 3.63) is 35.1 Å². The van der Waals surface area contributed by atoms with Crippen molar-refractivity contribution in [1.82, 2.24) is 10.6 Å². The smallest absolute Gasteiger partial charge is 0.252 e. The molecule has 4 N–H and O–H groups in total. The van der Waals surface area contributed by atoms with E-state index >= 15 is 0 Å². The molecule has 0 fully saturated rings. The molecule has 0 atom stereocenters. The lowest BCUT2D eigenvalue weighted by atomic mass is 10.1. The molecule has 0 aliphatic carbocycles. The number of amides is 2. The molecule has 21 heavy (non-hydrogen) atoms. The van der Waals surface area contributed by atoms with Crippen LogP contribution >= 0.6 is 0 Å². The molecule has 0 radical (unpaired) electrons. The van der Waals surface area contributed by atoms with Gasteiger partial charge in [0.2, 0.25) is 5.91 Å². The molecule has 0 bridgehead atoms. The molecule has 1 aromatic rings. The monoisotopic (exact) mass is 291 g/mol. The van der Waals surface area contributed by atoms with Crippen molar-refractivity contribution in [2.45, 2.75) is 13.3 Å². The van der Waals surface area contributed by atoms with Gasteiger partial charge in [-0.05, 0) is 25.1 Å². The van der Waals surface area contributed by atoms with Crippen molar-refractivity contribution >= 4 is 11.8 Å². The Bertz CT molecular complexity index is 576. The van der Waals surface area contributed by atoms with Gasteiger partial charge < -0.3 is 16.4 Å². The van der Waals surface area contributed by atoms with Gasteiger partial charge in [-0.25, -0.2) is 4.39 Å². The average Bonchev–Trinajstić information content (AvgIpc) is 2.46. The molecule has 0 aliphatic rings. The molecule has 0 spiro atoms. The van der Waals surface area contributed by atoms with Crippen molar-refractivity contribution in [1.29, 1.82) is 0 Å². The average molecular weight is 291 g/mol. The third-order valence-corrected chi connectivity index (χ3v) is 2.56. The van der Waals surface area contributed by atoms with Crippen LogP contribution in [-0.4, -0.2) is 31.4 Å². The Hall–Kier alpha value is -2.39. The minimum absolute atomic E-state index is 0.131. The summed E-state index contributed by atoms with van der Waals surface area (Å²) in [5.74, 6) is 4.19. The maximum Gasteiger partial charge on any atom is 0.252 e. The molecule has 1 aromatic carbocycles. The second-order valence-corrected chi connectivity index (χ2v) is 4.16. The third-order valence-electron chi connectivity index (χ3n) is 2.56. The molecular weight excluding hydrogens is 273 g/mol. The highest BCUT2D eigenvalue weighted by Gasteiger charge is 2.11. The summed E-state index contributed by atoms with van der Waals surface area (Å²) in [6, 6.07) is 3.77. The molecule has 5 nitrogen and oxygen atoms in total. The summed E-state index contributed by atoms with van der Waals surface area (Å²) >= 11 is 0. The van der Waals surface area contributed by atoms with Gasteiger partial charge in [0.1, 0.15) is 5.82 Å². The summed E-state index contributed by atoms with van der Waals surface area (Å²) in [6.45, 7) is 2.67. The Labute approximate surface area is 123 Å². The molecule has 112 valence electrons. The highest BCUT2D eigenvalue weighted by molar-refractivity contribution is 5.97. The van der Waals surface area contributed by atoms with Crippen molar-refractivity contribution in [2.24, 2.45) is 5.73 Å². The van der Waals surface area contributed by atoms with Gasteiger partial charge in [0.15, 0.2) is 0 Å². The van der Waals surface area contributed by atoms with E-state index in [0.717, 1.165) is 6.07 Å². The number of carbonyl (C=O) groups is 2. The highest BCUT2D eigenvalue weighted by atomic mass is 19.1. The second kappa shape index (κ2) is 8.72. The summed E-state index contributed by atoms with van der Waals surface area (Å²) in [7, 11) is 0. The van der Waals surface area contributed by atoms with Crippen LogP contribution in [0.3, 0.4) is 0 Å². The summed E-state index contributed by atoms with van der Waals surface area (Å²) < 4.78 is 13.3. The van der Waals surface area contributed by atoms with Gasteiger partial charge in [-0.3, -0.25) is 9.59 Å². The number of rotatable bonds is 5. The standard InChI is InChI=1S/C15H18FN3O2/c1-2-18-14(20)7-9-19-15(21)13-10-12(16)6-5-11(13)4-3-8-17/h5-6,10H,2,7-9,17H2,1H3,(H,18,20)(H,19,21). The van der Waals surface area contributed by atoms with Crippen LogP contribution in [0.25, 0.3) is 0 Å². The molecule has 0 unspecified atom stereocenters. The molecule has 0 heterocycles. The zero-order valence-corrected chi connectivity index (χ0v) is 11.8. The lowest BCUT2D eigenvalue weighted by Crippen LogP contribution is -2.31. The lowest BCUT2D eigenvalue weighted by molar-refractivity contribution is -0.120. The first kappa shape index (κ1) is 16.7. The zero-order valence-electron chi connectivity index (χ0n) is 11.8. The van der Waals surface area contributed by atoms with Crippen LogP contribution in [0.5, 0.6) is 0 Å². The van der Waals surface area contributed by atoms with Gasteiger partial charge in [0, 0.05) is 25.1 Å². The van der Waals surface area contributed by atoms with Crippen LogP contribution < -0.4 is 16.4 Å². The number of benzene rings is 1. The predicted octanol–water partition coefficient (Wildman–Crippen LogP) is 0.392. The van der Waals surface area contributed by atoms with E-state index in [1.807, 2.05) is 6.92 Å². The predicted molar refractivity (Wildman–Crippen MR) is 78.0 cm³/mol. The Kier molecular flexibility index (Phi) is 6.92. The second-order valence-electron chi connectivity index (χ2n) is 4.16. The van der Waals surface area contributed by atoms with Gasteiger partial charge in [0.05, 0.1) is 12.1 Å². The van der Waals surface area contributed by atoms with Crippen LogP contribution in [0.15, 0.2) is 18.2 Å². The van der Waals surface area contributed by atoms with E-state index in [1.54, 1.807) is 0 Å². The Morgan fingerprint density at radius 3 is 2.76 bits per heavy atom. The van der Waals surface area contributed by atoms with E-state index in [9.17, 15) is 14.0 Å². The van der Waals surface area contributed by atoms with Crippen LogP contribution in [0.4, 0.5) is 4.39 Å². The van der Waals surface area contributed by atoms with Crippen LogP contribution in [0, 0.1) is 17.7 Å². The Morgan fingerprint density at radius 2 is 2.10 bits per heavy atom.